The third kappa shape index (κ3) is 5.14. The molecule has 11 heteroatoms. The lowest BCUT2D eigenvalue weighted by Gasteiger charge is -2.44. The Morgan fingerprint density at radius 1 is 1.09 bits per heavy atom. The predicted molar refractivity (Wildman–Crippen MR) is 114 cm³/mol. The maximum atomic E-state index is 14.0. The molecule has 1 fully saturated rings. The fraction of sp³-hybridized carbons (Fsp3) is 0.409. The van der Waals surface area contributed by atoms with Crippen LogP contribution in [0, 0.1) is 12.7 Å². The molecule has 6 nitrogen and oxygen atoms in total. The second kappa shape index (κ2) is 8.94. The van der Waals surface area contributed by atoms with E-state index in [-0.39, 0.29) is 30.1 Å². The van der Waals surface area contributed by atoms with Crippen LogP contribution in [0.25, 0.3) is 0 Å². The van der Waals surface area contributed by atoms with Gasteiger partial charge in [0.2, 0.25) is 10.0 Å². The first-order chi connectivity index (χ1) is 15.2. The molecule has 3 rings (SSSR count). The Morgan fingerprint density at radius 3 is 2.21 bits per heavy atom. The summed E-state index contributed by atoms with van der Waals surface area (Å²) < 4.78 is 80.7. The molecule has 0 aliphatic carbocycles. The summed E-state index contributed by atoms with van der Waals surface area (Å²) in [4.78, 5) is 12.7. The number of sulfonamides is 1. The summed E-state index contributed by atoms with van der Waals surface area (Å²) in [6.07, 6.45) is -5.11. The van der Waals surface area contributed by atoms with E-state index in [2.05, 4.69) is 0 Å². The van der Waals surface area contributed by atoms with E-state index < -0.39 is 45.6 Å². The maximum Gasteiger partial charge on any atom is 0.419 e. The molecule has 0 amide bonds. The molecule has 1 heterocycles. The first-order valence-electron chi connectivity index (χ1n) is 10.2. The minimum absolute atomic E-state index is 0.0305. The number of rotatable bonds is 5. The average molecular weight is 489 g/mol. The number of anilines is 1. The topological polar surface area (TPSA) is 77.9 Å². The number of alkyl halides is 3. The van der Waals surface area contributed by atoms with Crippen LogP contribution in [-0.4, -0.2) is 49.0 Å². The van der Waals surface area contributed by atoms with Crippen molar-refractivity contribution in [2.24, 2.45) is 0 Å². The highest BCUT2D eigenvalue weighted by molar-refractivity contribution is 7.89. The zero-order valence-corrected chi connectivity index (χ0v) is 19.0. The first-order valence-corrected chi connectivity index (χ1v) is 11.6. The summed E-state index contributed by atoms with van der Waals surface area (Å²) in [6.45, 7) is 5.30. The Morgan fingerprint density at radius 2 is 1.70 bits per heavy atom. The molecule has 2 aromatic rings. The summed E-state index contributed by atoms with van der Waals surface area (Å²) >= 11 is 0. The van der Waals surface area contributed by atoms with Crippen molar-refractivity contribution in [3.63, 3.8) is 0 Å². The Balaban J connectivity index is 1.87. The van der Waals surface area contributed by atoms with Crippen molar-refractivity contribution >= 4 is 21.7 Å². The fourth-order valence-corrected chi connectivity index (χ4v) is 6.06. The lowest BCUT2D eigenvalue weighted by Crippen LogP contribution is -2.58. The summed E-state index contributed by atoms with van der Waals surface area (Å²) in [6, 6.07) is 5.85. The molecule has 2 atom stereocenters. The van der Waals surface area contributed by atoms with Crippen molar-refractivity contribution in [3.8, 4) is 0 Å². The minimum atomic E-state index is -4.80. The number of piperazine rings is 1. The molecule has 2 aromatic carbocycles. The molecule has 33 heavy (non-hydrogen) atoms. The molecule has 0 saturated carbocycles. The molecule has 0 spiro atoms. The largest absolute Gasteiger partial charge is 0.481 e. The standard InChI is InChI=1S/C22H24F4N2O4S/c1-13-4-6-18(8-16(13)9-21(29)30)33(31,32)28-14(2)11-27(12-15(28)3)17-5-7-19(20(23)10-17)22(24,25)26/h4-8,10,14-15H,9,11-12H2,1-3H3,(H,29,30)/t14-,15+. The molecule has 0 aromatic heterocycles. The second-order valence-corrected chi connectivity index (χ2v) is 10.1. The van der Waals surface area contributed by atoms with Gasteiger partial charge in [-0.15, -0.1) is 0 Å². The van der Waals surface area contributed by atoms with Crippen molar-refractivity contribution in [1.29, 1.82) is 0 Å². The molecule has 0 bridgehead atoms. The van der Waals surface area contributed by atoms with E-state index in [9.17, 15) is 30.8 Å². The number of carbonyl (C=O) groups is 1. The van der Waals surface area contributed by atoms with E-state index in [0.29, 0.717) is 17.2 Å². The van der Waals surface area contributed by atoms with Crippen LogP contribution in [-0.2, 0) is 27.4 Å². The van der Waals surface area contributed by atoms with Gasteiger partial charge in [-0.05, 0) is 62.2 Å². The zero-order valence-electron chi connectivity index (χ0n) is 18.2. The lowest BCUT2D eigenvalue weighted by molar-refractivity contribution is -0.140. The van der Waals surface area contributed by atoms with Crippen LogP contribution in [0.1, 0.15) is 30.5 Å². The van der Waals surface area contributed by atoms with Gasteiger partial charge in [-0.1, -0.05) is 6.07 Å². The van der Waals surface area contributed by atoms with Gasteiger partial charge in [-0.2, -0.15) is 17.5 Å². The van der Waals surface area contributed by atoms with Gasteiger partial charge in [0.15, 0.2) is 0 Å². The highest BCUT2D eigenvalue weighted by Gasteiger charge is 2.39. The van der Waals surface area contributed by atoms with Crippen molar-refractivity contribution in [1.82, 2.24) is 4.31 Å². The van der Waals surface area contributed by atoms with Gasteiger partial charge in [0.25, 0.3) is 0 Å². The number of hydrogen-bond acceptors (Lipinski definition) is 4. The van der Waals surface area contributed by atoms with Gasteiger partial charge < -0.3 is 10.0 Å². The van der Waals surface area contributed by atoms with Gasteiger partial charge in [-0.25, -0.2) is 12.8 Å². The molecular formula is C22H24F4N2O4S. The third-order valence-corrected chi connectivity index (χ3v) is 7.82. The SMILES string of the molecule is Cc1ccc(S(=O)(=O)N2[C@H](C)CN(c3ccc(C(F)(F)F)c(F)c3)C[C@@H]2C)cc1CC(=O)O. The predicted octanol–water partition coefficient (Wildman–Crippen LogP) is 4.07. The van der Waals surface area contributed by atoms with Gasteiger partial charge in [0.05, 0.1) is 16.9 Å². The number of nitrogens with zero attached hydrogens (tertiary/aromatic N) is 2. The molecular weight excluding hydrogens is 464 g/mol. The van der Waals surface area contributed by atoms with Crippen molar-refractivity contribution in [2.45, 2.75) is 50.3 Å². The number of aliphatic carboxylic acids is 1. The third-order valence-electron chi connectivity index (χ3n) is 5.70. The molecule has 0 unspecified atom stereocenters. The Bertz CT molecular complexity index is 1160. The normalized spacial score (nSPS) is 20.2. The number of aryl methyl sites for hydroxylation is 1. The smallest absolute Gasteiger partial charge is 0.419 e. The summed E-state index contributed by atoms with van der Waals surface area (Å²) in [5.41, 5.74) is -0.0743. The Labute approximate surface area is 189 Å². The number of hydrogen-bond donors (Lipinski definition) is 1. The second-order valence-electron chi connectivity index (χ2n) is 8.26. The first kappa shape index (κ1) is 25.0. The van der Waals surface area contributed by atoms with Crippen LogP contribution in [0.3, 0.4) is 0 Å². The number of carboxylic acid groups (broad SMARTS) is 1. The van der Waals surface area contributed by atoms with E-state index in [0.717, 1.165) is 6.07 Å². The van der Waals surface area contributed by atoms with Crippen LogP contribution in [0.2, 0.25) is 0 Å². The lowest BCUT2D eigenvalue weighted by atomic mass is 10.1. The molecule has 0 radical (unpaired) electrons. The van der Waals surface area contributed by atoms with Crippen molar-refractivity contribution < 1.29 is 35.9 Å². The van der Waals surface area contributed by atoms with Crippen LogP contribution in [0.4, 0.5) is 23.2 Å². The van der Waals surface area contributed by atoms with E-state index >= 15 is 0 Å². The maximum absolute atomic E-state index is 14.0. The Kier molecular flexibility index (Phi) is 6.77. The summed E-state index contributed by atoms with van der Waals surface area (Å²) in [5, 5.41) is 9.08. The fourth-order valence-electron chi connectivity index (χ4n) is 4.21. The van der Waals surface area contributed by atoms with Crippen LogP contribution >= 0.6 is 0 Å². The molecule has 1 aliphatic heterocycles. The van der Waals surface area contributed by atoms with E-state index in [1.165, 1.54) is 22.5 Å². The van der Waals surface area contributed by atoms with Crippen LogP contribution < -0.4 is 4.90 Å². The van der Waals surface area contributed by atoms with E-state index in [4.69, 9.17) is 5.11 Å². The summed E-state index contributed by atoms with van der Waals surface area (Å²) in [7, 11) is -3.98. The molecule has 1 N–H and O–H groups in total. The van der Waals surface area contributed by atoms with E-state index in [1.807, 2.05) is 0 Å². The molecule has 1 saturated heterocycles. The zero-order chi connectivity index (χ0) is 24.7. The number of benzene rings is 2. The van der Waals surface area contributed by atoms with Gasteiger partial charge >= 0.3 is 12.1 Å². The number of halogens is 4. The van der Waals surface area contributed by atoms with Crippen molar-refractivity contribution in [2.75, 3.05) is 18.0 Å². The van der Waals surface area contributed by atoms with Crippen LogP contribution in [0.15, 0.2) is 41.3 Å². The van der Waals surface area contributed by atoms with Crippen LogP contribution in [0.5, 0.6) is 0 Å². The minimum Gasteiger partial charge on any atom is -0.481 e. The summed E-state index contributed by atoms with van der Waals surface area (Å²) in [5.74, 6) is -2.47. The molecule has 1 aliphatic rings. The highest BCUT2D eigenvalue weighted by Crippen LogP contribution is 2.34. The van der Waals surface area contributed by atoms with Gasteiger partial charge in [0.1, 0.15) is 5.82 Å². The number of carboxylic acids is 1. The average Bonchev–Trinajstić information content (AvgIpc) is 2.67. The van der Waals surface area contributed by atoms with Crippen molar-refractivity contribution in [3.05, 3.63) is 58.9 Å². The monoisotopic (exact) mass is 488 g/mol. The van der Waals surface area contributed by atoms with Gasteiger partial charge in [0, 0.05) is 30.9 Å². The van der Waals surface area contributed by atoms with E-state index in [1.54, 1.807) is 31.7 Å². The molecule has 180 valence electrons. The Hall–Kier alpha value is -2.66. The quantitative estimate of drug-likeness (QED) is 0.643. The van der Waals surface area contributed by atoms with Gasteiger partial charge in [-0.3, -0.25) is 4.79 Å². The highest BCUT2D eigenvalue weighted by atomic mass is 32.2.